The third-order valence-corrected chi connectivity index (χ3v) is 4.65. The molecule has 2 aromatic rings. The summed E-state index contributed by atoms with van der Waals surface area (Å²) in [5.74, 6) is -0.604. The third-order valence-electron chi connectivity index (χ3n) is 2.97. The van der Waals surface area contributed by atoms with Crippen LogP contribution in [0.15, 0.2) is 36.4 Å². The molecule has 0 bridgehead atoms. The van der Waals surface area contributed by atoms with Crippen LogP contribution in [-0.2, 0) is 9.59 Å². The van der Waals surface area contributed by atoms with Crippen molar-refractivity contribution in [1.29, 1.82) is 0 Å². The molecule has 0 unspecified atom stereocenters. The van der Waals surface area contributed by atoms with Gasteiger partial charge in [0.2, 0.25) is 5.91 Å². The van der Waals surface area contributed by atoms with Crippen LogP contribution in [0.3, 0.4) is 0 Å². The Bertz CT molecular complexity index is 758. The van der Waals surface area contributed by atoms with Gasteiger partial charge in [-0.1, -0.05) is 52.5 Å². The lowest BCUT2D eigenvalue weighted by Crippen LogP contribution is -2.17. The van der Waals surface area contributed by atoms with E-state index in [9.17, 15) is 9.59 Å². The second-order valence-corrected chi connectivity index (χ2v) is 7.32. The highest BCUT2D eigenvalue weighted by Gasteiger charge is 2.14. The molecular weight excluding hydrogens is 405 g/mol. The number of nitrogens with one attached hydrogen (secondary N) is 1. The zero-order chi connectivity index (χ0) is 18.4. The van der Waals surface area contributed by atoms with E-state index in [4.69, 9.17) is 39.5 Å². The number of hydrogen-bond donors (Lipinski definition) is 1. The number of carbonyl (C=O) groups is 2. The van der Waals surface area contributed by atoms with Gasteiger partial charge in [0.05, 0.1) is 21.6 Å². The number of thioether (sulfide) groups is 1. The summed E-state index contributed by atoms with van der Waals surface area (Å²) in [7, 11) is 0. The summed E-state index contributed by atoms with van der Waals surface area (Å²) in [5.41, 5.74) is 1.81. The van der Waals surface area contributed by atoms with Gasteiger partial charge in [-0.15, -0.1) is 11.8 Å². The molecule has 0 fully saturated rings. The Kier molecular flexibility index (Phi) is 7.44. The summed E-state index contributed by atoms with van der Waals surface area (Å²) in [6.45, 7) is 1.96. The van der Waals surface area contributed by atoms with E-state index in [2.05, 4.69) is 5.32 Å². The fourth-order valence-electron chi connectivity index (χ4n) is 1.83. The summed E-state index contributed by atoms with van der Waals surface area (Å²) < 4.78 is 5.13. The lowest BCUT2D eigenvalue weighted by molar-refractivity contribution is -0.131. The highest BCUT2D eigenvalue weighted by molar-refractivity contribution is 8.00. The molecule has 0 aliphatic rings. The van der Waals surface area contributed by atoms with Crippen molar-refractivity contribution in [3.05, 3.63) is 57.0 Å². The minimum atomic E-state index is -0.556. The smallest absolute Gasteiger partial charge is 0.321 e. The van der Waals surface area contributed by atoms with Crippen LogP contribution in [0, 0.1) is 6.92 Å². The zero-order valence-corrected chi connectivity index (χ0v) is 16.2. The highest BCUT2D eigenvalue weighted by atomic mass is 35.5. The van der Waals surface area contributed by atoms with Crippen LogP contribution in [0.25, 0.3) is 0 Å². The molecule has 0 aromatic heterocycles. The van der Waals surface area contributed by atoms with Crippen molar-refractivity contribution in [1.82, 2.24) is 0 Å². The quantitative estimate of drug-likeness (QED) is 0.515. The first-order valence-corrected chi connectivity index (χ1v) is 9.43. The van der Waals surface area contributed by atoms with Crippen molar-refractivity contribution in [3.8, 4) is 5.75 Å². The molecule has 0 saturated heterocycles. The number of rotatable bonds is 6. The van der Waals surface area contributed by atoms with E-state index in [-0.39, 0.29) is 33.2 Å². The predicted octanol–water partition coefficient (Wildman–Crippen LogP) is 5.23. The molecule has 1 N–H and O–H groups in total. The molecule has 4 nitrogen and oxygen atoms in total. The molecule has 132 valence electrons. The topological polar surface area (TPSA) is 55.4 Å². The van der Waals surface area contributed by atoms with Gasteiger partial charge in [-0.2, -0.15) is 0 Å². The molecule has 2 rings (SSSR count). The fraction of sp³-hybridized carbons (Fsp3) is 0.176. The first-order chi connectivity index (χ1) is 11.8. The molecule has 25 heavy (non-hydrogen) atoms. The number of benzene rings is 2. The number of anilines is 1. The van der Waals surface area contributed by atoms with Crippen LogP contribution >= 0.6 is 46.6 Å². The van der Waals surface area contributed by atoms with Crippen molar-refractivity contribution < 1.29 is 14.3 Å². The van der Waals surface area contributed by atoms with Crippen molar-refractivity contribution >= 4 is 64.1 Å². The number of halogens is 3. The number of amides is 1. The normalized spacial score (nSPS) is 10.4. The van der Waals surface area contributed by atoms with E-state index in [0.29, 0.717) is 10.7 Å². The average molecular weight is 419 g/mol. The van der Waals surface area contributed by atoms with E-state index in [0.717, 1.165) is 17.3 Å². The highest BCUT2D eigenvalue weighted by Crippen LogP contribution is 2.36. The van der Waals surface area contributed by atoms with E-state index in [1.54, 1.807) is 0 Å². The fourth-order valence-corrected chi connectivity index (χ4v) is 3.31. The molecule has 0 atom stereocenters. The van der Waals surface area contributed by atoms with Gasteiger partial charge in [-0.3, -0.25) is 9.59 Å². The molecule has 0 aliphatic carbocycles. The number of ether oxygens (including phenoxy) is 1. The summed E-state index contributed by atoms with van der Waals surface area (Å²) in [6.07, 6.45) is 0. The lowest BCUT2D eigenvalue weighted by Gasteiger charge is -2.09. The van der Waals surface area contributed by atoms with Gasteiger partial charge >= 0.3 is 5.97 Å². The van der Waals surface area contributed by atoms with E-state index < -0.39 is 5.97 Å². The minimum absolute atomic E-state index is 0.0173. The van der Waals surface area contributed by atoms with E-state index in [1.807, 2.05) is 31.2 Å². The van der Waals surface area contributed by atoms with Gasteiger partial charge in [-0.05, 0) is 31.2 Å². The number of hydrogen-bond acceptors (Lipinski definition) is 4. The Balaban J connectivity index is 1.78. The van der Waals surface area contributed by atoms with Gasteiger partial charge in [0.25, 0.3) is 0 Å². The predicted molar refractivity (Wildman–Crippen MR) is 104 cm³/mol. The number of carbonyl (C=O) groups excluding carboxylic acids is 2. The Hall–Kier alpha value is -1.40. The minimum Gasteiger partial charge on any atom is -0.423 e. The standard InChI is InChI=1S/C17H14Cl3NO3S/c1-10-2-4-12(5-3-10)21-15(22)8-25-9-16(23)24-17-13(19)6-11(18)7-14(17)20/h2-7H,8-9H2,1H3,(H,21,22). The van der Waals surface area contributed by atoms with Gasteiger partial charge in [0.15, 0.2) is 5.75 Å². The second kappa shape index (κ2) is 9.34. The summed E-state index contributed by atoms with van der Waals surface area (Å²) >= 11 is 18.8. The van der Waals surface area contributed by atoms with Crippen LogP contribution in [0.5, 0.6) is 5.75 Å². The van der Waals surface area contributed by atoms with Crippen LogP contribution in [0.2, 0.25) is 15.1 Å². The maximum absolute atomic E-state index is 11.9. The van der Waals surface area contributed by atoms with Crippen LogP contribution in [0.1, 0.15) is 5.56 Å². The molecule has 0 radical (unpaired) electrons. The average Bonchev–Trinajstić information content (AvgIpc) is 2.53. The Morgan fingerprint density at radius 3 is 2.24 bits per heavy atom. The Labute approximate surface area is 164 Å². The molecule has 0 heterocycles. The molecule has 0 saturated carbocycles. The van der Waals surface area contributed by atoms with Crippen molar-refractivity contribution in [3.63, 3.8) is 0 Å². The van der Waals surface area contributed by atoms with Crippen molar-refractivity contribution in [2.45, 2.75) is 6.92 Å². The maximum atomic E-state index is 11.9. The van der Waals surface area contributed by atoms with Crippen LogP contribution in [0.4, 0.5) is 5.69 Å². The zero-order valence-electron chi connectivity index (χ0n) is 13.1. The van der Waals surface area contributed by atoms with Gasteiger partial charge < -0.3 is 10.1 Å². The molecule has 0 aliphatic heterocycles. The summed E-state index contributed by atoms with van der Waals surface area (Å²) in [5, 5.41) is 3.39. The Morgan fingerprint density at radius 1 is 1.04 bits per heavy atom. The van der Waals surface area contributed by atoms with Crippen molar-refractivity contribution in [2.24, 2.45) is 0 Å². The van der Waals surface area contributed by atoms with Crippen molar-refractivity contribution in [2.75, 3.05) is 16.8 Å². The van der Waals surface area contributed by atoms with E-state index >= 15 is 0 Å². The maximum Gasteiger partial charge on any atom is 0.321 e. The molecule has 8 heteroatoms. The first kappa shape index (κ1) is 19.9. The third kappa shape index (κ3) is 6.44. The Morgan fingerprint density at radius 2 is 1.64 bits per heavy atom. The first-order valence-electron chi connectivity index (χ1n) is 7.14. The monoisotopic (exact) mass is 417 g/mol. The van der Waals surface area contributed by atoms with Gasteiger partial charge in [-0.25, -0.2) is 0 Å². The SMILES string of the molecule is Cc1ccc(NC(=O)CSCC(=O)Oc2c(Cl)cc(Cl)cc2Cl)cc1. The summed E-state index contributed by atoms with van der Waals surface area (Å²) in [6, 6.07) is 10.3. The summed E-state index contributed by atoms with van der Waals surface area (Å²) in [4.78, 5) is 23.7. The number of esters is 1. The number of aryl methyl sites for hydroxylation is 1. The lowest BCUT2D eigenvalue weighted by atomic mass is 10.2. The second-order valence-electron chi connectivity index (χ2n) is 5.08. The molecule has 0 spiro atoms. The molecule has 2 aromatic carbocycles. The molecule has 1 amide bonds. The van der Waals surface area contributed by atoms with Gasteiger partial charge in [0, 0.05) is 10.7 Å². The van der Waals surface area contributed by atoms with E-state index in [1.165, 1.54) is 12.1 Å². The largest absolute Gasteiger partial charge is 0.423 e. The van der Waals surface area contributed by atoms with Crippen LogP contribution in [-0.4, -0.2) is 23.4 Å². The van der Waals surface area contributed by atoms with Gasteiger partial charge in [0.1, 0.15) is 0 Å². The molecular formula is C17H14Cl3NO3S. The van der Waals surface area contributed by atoms with Crippen LogP contribution < -0.4 is 10.1 Å².